The van der Waals surface area contributed by atoms with Gasteiger partial charge in [-0.15, -0.1) is 0 Å². The number of hydrogen-bond donors (Lipinski definition) is 0. The van der Waals surface area contributed by atoms with Crippen molar-refractivity contribution in [2.75, 3.05) is 6.61 Å². The molecule has 0 atom stereocenters. The Morgan fingerprint density at radius 2 is 1.96 bits per heavy atom. The average Bonchev–Trinajstić information content (AvgIpc) is 3.06. The molecule has 0 amide bonds. The van der Waals surface area contributed by atoms with Crippen LogP contribution in [0.1, 0.15) is 32.1 Å². The number of aldehydes is 1. The van der Waals surface area contributed by atoms with Crippen LogP contribution in [-0.4, -0.2) is 33.4 Å². The third-order valence-electron chi connectivity index (χ3n) is 3.52. The SMILES string of the molecule is CCOC(=O)c1cc2c(C=O)ccc(OCc3ccccc3)c2[se]1. The number of hydrogen-bond acceptors (Lipinski definition) is 4. The Hall–Kier alpha value is -2.36. The minimum atomic E-state index is -0.320. The van der Waals surface area contributed by atoms with Crippen molar-refractivity contribution in [2.45, 2.75) is 13.5 Å². The standard InChI is InChI=1S/C19H16O4Se/c1-2-22-19(21)17-10-15-14(11-20)8-9-16(18(15)24-17)23-12-13-6-4-3-5-7-13/h3-11H,2,12H2,1H3. The summed E-state index contributed by atoms with van der Waals surface area (Å²) in [6.45, 7) is 2.55. The molecule has 0 radical (unpaired) electrons. The Bertz CT molecular complexity index is 868. The van der Waals surface area contributed by atoms with Gasteiger partial charge in [0.1, 0.15) is 0 Å². The molecule has 1 heterocycles. The van der Waals surface area contributed by atoms with Crippen molar-refractivity contribution in [3.8, 4) is 5.75 Å². The maximum absolute atomic E-state index is 12.0. The maximum atomic E-state index is 12.0. The van der Waals surface area contributed by atoms with Gasteiger partial charge in [0.05, 0.1) is 0 Å². The molecule has 122 valence electrons. The van der Waals surface area contributed by atoms with E-state index < -0.39 is 0 Å². The number of esters is 1. The third-order valence-corrected chi connectivity index (χ3v) is 5.89. The Morgan fingerprint density at radius 1 is 1.17 bits per heavy atom. The first kappa shape index (κ1) is 16.5. The summed E-state index contributed by atoms with van der Waals surface area (Å²) in [5.41, 5.74) is 1.63. The minimum absolute atomic E-state index is 0.230. The summed E-state index contributed by atoms with van der Waals surface area (Å²) in [6.07, 6.45) is 0.806. The molecular weight excluding hydrogens is 371 g/mol. The van der Waals surface area contributed by atoms with E-state index in [0.717, 1.165) is 27.2 Å². The topological polar surface area (TPSA) is 52.6 Å². The number of ether oxygens (including phenoxy) is 2. The number of carbonyl (C=O) groups is 2. The van der Waals surface area contributed by atoms with Crippen LogP contribution in [0.4, 0.5) is 0 Å². The zero-order valence-electron chi connectivity index (χ0n) is 13.2. The van der Waals surface area contributed by atoms with Gasteiger partial charge in [-0.1, -0.05) is 0 Å². The second kappa shape index (κ2) is 7.47. The molecule has 0 fully saturated rings. The molecule has 0 saturated heterocycles. The number of benzene rings is 2. The molecule has 0 bridgehead atoms. The fraction of sp³-hybridized carbons (Fsp3) is 0.158. The first-order chi connectivity index (χ1) is 11.7. The van der Waals surface area contributed by atoms with Gasteiger partial charge in [0.2, 0.25) is 0 Å². The summed E-state index contributed by atoms with van der Waals surface area (Å²) in [6, 6.07) is 15.2. The van der Waals surface area contributed by atoms with Crippen molar-refractivity contribution in [2.24, 2.45) is 0 Å². The van der Waals surface area contributed by atoms with Gasteiger partial charge in [-0.2, -0.15) is 0 Å². The van der Waals surface area contributed by atoms with Crippen LogP contribution in [0.2, 0.25) is 0 Å². The Balaban J connectivity index is 1.95. The average molecular weight is 387 g/mol. The molecule has 3 rings (SSSR count). The van der Waals surface area contributed by atoms with Crippen LogP contribution >= 0.6 is 0 Å². The molecule has 1 aromatic heterocycles. The number of fused-ring (bicyclic) bond motifs is 1. The van der Waals surface area contributed by atoms with Crippen LogP contribution in [0.5, 0.6) is 5.75 Å². The van der Waals surface area contributed by atoms with Crippen molar-refractivity contribution >= 4 is 36.4 Å². The fourth-order valence-corrected chi connectivity index (χ4v) is 4.58. The van der Waals surface area contributed by atoms with Gasteiger partial charge in [-0.3, -0.25) is 0 Å². The fourth-order valence-electron chi connectivity index (χ4n) is 2.37. The normalized spacial score (nSPS) is 10.5. The van der Waals surface area contributed by atoms with E-state index in [2.05, 4.69) is 0 Å². The van der Waals surface area contributed by atoms with Crippen molar-refractivity contribution in [3.05, 3.63) is 64.1 Å². The molecule has 0 unspecified atom stereocenters. The van der Waals surface area contributed by atoms with Crippen LogP contribution in [0, 0.1) is 0 Å². The summed E-state index contributed by atoms with van der Waals surface area (Å²) in [5, 5.41) is 0.776. The second-order valence-electron chi connectivity index (χ2n) is 5.12. The summed E-state index contributed by atoms with van der Waals surface area (Å²) in [5.74, 6) is 0.398. The predicted molar refractivity (Wildman–Crippen MR) is 93.0 cm³/mol. The van der Waals surface area contributed by atoms with E-state index in [-0.39, 0.29) is 20.5 Å². The number of carbonyl (C=O) groups excluding carboxylic acids is 2. The van der Waals surface area contributed by atoms with Gasteiger partial charge < -0.3 is 0 Å². The zero-order valence-corrected chi connectivity index (χ0v) is 14.9. The van der Waals surface area contributed by atoms with Crippen LogP contribution in [0.15, 0.2) is 48.5 Å². The van der Waals surface area contributed by atoms with Crippen molar-refractivity contribution in [3.63, 3.8) is 0 Å². The van der Waals surface area contributed by atoms with Gasteiger partial charge in [0, 0.05) is 0 Å². The first-order valence-corrected chi connectivity index (χ1v) is 9.29. The summed E-state index contributed by atoms with van der Waals surface area (Å²) >= 11 is -0.230. The Kier molecular flexibility index (Phi) is 5.14. The van der Waals surface area contributed by atoms with Crippen LogP contribution in [-0.2, 0) is 11.3 Å². The van der Waals surface area contributed by atoms with Gasteiger partial charge in [-0.05, 0) is 0 Å². The van der Waals surface area contributed by atoms with Crippen LogP contribution in [0.3, 0.4) is 0 Å². The van der Waals surface area contributed by atoms with E-state index in [0.29, 0.717) is 23.2 Å². The molecule has 2 aromatic carbocycles. The van der Waals surface area contributed by atoms with Gasteiger partial charge >= 0.3 is 145 Å². The molecule has 0 N–H and O–H groups in total. The number of rotatable bonds is 6. The molecule has 3 aromatic rings. The summed E-state index contributed by atoms with van der Waals surface area (Å²) in [7, 11) is 0. The van der Waals surface area contributed by atoms with Gasteiger partial charge in [-0.25, -0.2) is 0 Å². The van der Waals surface area contributed by atoms with Crippen molar-refractivity contribution in [1.29, 1.82) is 0 Å². The molecule has 4 nitrogen and oxygen atoms in total. The van der Waals surface area contributed by atoms with Gasteiger partial charge in [0.15, 0.2) is 0 Å². The molecule has 0 spiro atoms. The zero-order chi connectivity index (χ0) is 16.9. The van der Waals surface area contributed by atoms with Crippen molar-refractivity contribution < 1.29 is 19.1 Å². The molecule has 0 aliphatic carbocycles. The Morgan fingerprint density at radius 3 is 2.67 bits per heavy atom. The van der Waals surface area contributed by atoms with E-state index in [1.165, 1.54) is 0 Å². The summed E-state index contributed by atoms with van der Waals surface area (Å²) in [4.78, 5) is 23.3. The van der Waals surface area contributed by atoms with E-state index in [9.17, 15) is 9.59 Å². The van der Waals surface area contributed by atoms with Crippen LogP contribution < -0.4 is 4.74 Å². The Labute approximate surface area is 145 Å². The summed E-state index contributed by atoms with van der Waals surface area (Å²) < 4.78 is 12.5. The molecular formula is C19H16O4Se. The van der Waals surface area contributed by atoms with Gasteiger partial charge in [0.25, 0.3) is 0 Å². The molecule has 0 aliphatic rings. The second-order valence-corrected chi connectivity index (χ2v) is 7.33. The first-order valence-electron chi connectivity index (χ1n) is 7.58. The molecule has 0 aliphatic heterocycles. The van der Waals surface area contributed by atoms with Crippen LogP contribution in [0.25, 0.3) is 9.65 Å². The van der Waals surface area contributed by atoms with E-state index in [1.54, 1.807) is 25.1 Å². The van der Waals surface area contributed by atoms with E-state index >= 15 is 0 Å². The molecule has 24 heavy (non-hydrogen) atoms. The van der Waals surface area contributed by atoms with Crippen molar-refractivity contribution in [1.82, 2.24) is 0 Å². The molecule has 0 saturated carbocycles. The van der Waals surface area contributed by atoms with E-state index in [4.69, 9.17) is 9.47 Å². The monoisotopic (exact) mass is 388 g/mol. The third kappa shape index (κ3) is 3.42. The quantitative estimate of drug-likeness (QED) is 0.369. The predicted octanol–water partition coefficient (Wildman–Crippen LogP) is 3.47. The molecule has 5 heteroatoms. The van der Waals surface area contributed by atoms with E-state index in [1.807, 2.05) is 30.3 Å².